The van der Waals surface area contributed by atoms with Crippen molar-refractivity contribution < 1.29 is 56.4 Å². The Morgan fingerprint density at radius 3 is 1.95 bits per heavy atom. The summed E-state index contributed by atoms with van der Waals surface area (Å²) in [5.41, 5.74) is 12.3. The molecule has 5 rings (SSSR count). The first-order chi connectivity index (χ1) is 27.7. The Kier molecular flexibility index (Phi) is 16.0. The van der Waals surface area contributed by atoms with Crippen LogP contribution in [0.2, 0.25) is 0 Å². The zero-order valence-corrected chi connectivity index (χ0v) is 31.8. The highest BCUT2D eigenvalue weighted by Crippen LogP contribution is 2.37. The fraction of sp³-hybridized carbons (Fsp3) is 0.447. The first kappa shape index (κ1) is 41.2. The van der Waals surface area contributed by atoms with Gasteiger partial charge in [0.1, 0.15) is 36.6 Å². The van der Waals surface area contributed by atoms with Crippen LogP contribution >= 0.6 is 11.9 Å². The number of hydrogen-bond donors (Lipinski definition) is 1. The van der Waals surface area contributed by atoms with Gasteiger partial charge in [-0.3, -0.25) is 10.2 Å². The van der Waals surface area contributed by atoms with Gasteiger partial charge in [-0.25, -0.2) is 4.79 Å². The molecule has 3 aromatic carbocycles. The molecule has 56 heavy (non-hydrogen) atoms. The predicted molar refractivity (Wildman–Crippen MR) is 203 cm³/mol. The standard InChI is InChI=1S/C38H44BN4O12S/c1-23(40)50-38-35(51-24(2)44)32(49-21-27-17-11-6-12-18-27)33(34(54-38)36(45)46-3)53-37-29(42-43-41)31(48-20-26-15-9-5-10-16-26)30(55-56-39)28(52-37)22-47-19-25-13-7-4-8-14-25/h4-18,28-35,37-40H,19-22H2,1-3H3/t28?,29?,30-,31+,32+,33+,34?,35?,37-,38+/m0/s1/i39T. The number of nitrogens with one attached hydrogen (secondary N) is 1. The zero-order valence-electron chi connectivity index (χ0n) is 32.0. The summed E-state index contributed by atoms with van der Waals surface area (Å²) >= 11 is 0.723. The molecule has 2 saturated heterocycles. The van der Waals surface area contributed by atoms with Gasteiger partial charge < -0.3 is 46.8 Å². The molecule has 0 saturated carbocycles. The van der Waals surface area contributed by atoms with Crippen molar-refractivity contribution in [2.24, 2.45) is 5.11 Å². The molecule has 3 aromatic rings. The largest absolute Gasteiger partial charge is 0.467 e. The van der Waals surface area contributed by atoms with E-state index in [-0.39, 0.29) is 32.3 Å². The normalized spacial score (nSPS) is 27.5. The smallest absolute Gasteiger partial charge is 0.338 e. The van der Waals surface area contributed by atoms with Gasteiger partial charge in [-0.1, -0.05) is 108 Å². The minimum absolute atomic E-state index is 0.0475. The number of nitrogens with zero attached hydrogens (tertiary/aromatic N) is 3. The van der Waals surface area contributed by atoms with E-state index in [0.717, 1.165) is 42.8 Å². The summed E-state index contributed by atoms with van der Waals surface area (Å²) in [5, 5.41) is 12.1. The van der Waals surface area contributed by atoms with Crippen LogP contribution in [0.25, 0.3) is 10.4 Å². The van der Waals surface area contributed by atoms with Gasteiger partial charge in [0.2, 0.25) is 13.4 Å². The van der Waals surface area contributed by atoms with Crippen LogP contribution in [0.4, 0.5) is 0 Å². The molecule has 297 valence electrons. The number of rotatable bonds is 19. The lowest BCUT2D eigenvalue weighted by molar-refractivity contribution is -0.339. The summed E-state index contributed by atoms with van der Waals surface area (Å²) in [5.74, 6) is -1.95. The van der Waals surface area contributed by atoms with Crippen LogP contribution in [0.3, 0.4) is 0 Å². The summed E-state index contributed by atoms with van der Waals surface area (Å²) in [6.45, 7) is 2.66. The van der Waals surface area contributed by atoms with Crippen molar-refractivity contribution in [3.63, 3.8) is 0 Å². The Bertz CT molecular complexity index is 1770. The molecular formula is C38H44BN4O12S. The maximum atomic E-state index is 13.5. The predicted octanol–water partition coefficient (Wildman–Crippen LogP) is 4.86. The Morgan fingerprint density at radius 1 is 0.821 bits per heavy atom. The van der Waals surface area contributed by atoms with Crippen molar-refractivity contribution in [1.29, 1.82) is 6.74 Å². The van der Waals surface area contributed by atoms with Gasteiger partial charge in [-0.05, 0) is 23.6 Å². The number of carbonyl (C=O) groups excluding carboxylic acids is 2. The number of methoxy groups -OCH3 is 1. The summed E-state index contributed by atoms with van der Waals surface area (Å²) in [4.78, 5) is 29.2. The third kappa shape index (κ3) is 11.8. The second kappa shape index (κ2) is 21.7. The Hall–Kier alpha value is -4.49. The van der Waals surface area contributed by atoms with Gasteiger partial charge in [0, 0.05) is 18.8 Å². The van der Waals surface area contributed by atoms with E-state index in [1.807, 2.05) is 91.0 Å². The average molecular weight is 794 g/mol. The Morgan fingerprint density at radius 2 is 1.41 bits per heavy atom. The van der Waals surface area contributed by atoms with Gasteiger partial charge in [-0.15, -0.1) is 0 Å². The van der Waals surface area contributed by atoms with Crippen LogP contribution in [-0.2, 0) is 76.2 Å². The molecule has 1 radical (unpaired) electrons. The highest BCUT2D eigenvalue weighted by molar-refractivity contribution is 8.15. The fourth-order valence-electron chi connectivity index (χ4n) is 6.29. The van der Waals surface area contributed by atoms with E-state index in [9.17, 15) is 15.1 Å². The molecular weight excluding hydrogens is 747 g/mol. The summed E-state index contributed by atoms with van der Waals surface area (Å²) in [7, 11) is 2.13. The average Bonchev–Trinajstić information content (AvgIpc) is 3.21. The summed E-state index contributed by atoms with van der Waals surface area (Å²) < 4.78 is 68.4. The fourth-order valence-corrected chi connectivity index (χ4v) is 6.65. The number of carbonyl (C=O) groups is 2. The molecule has 1 N–H and O–H groups in total. The van der Waals surface area contributed by atoms with Crippen molar-refractivity contribution in [3.05, 3.63) is 118 Å². The summed E-state index contributed by atoms with van der Waals surface area (Å²) in [6, 6.07) is 26.5. The van der Waals surface area contributed by atoms with E-state index in [1.54, 1.807) is 0 Å². The Labute approximate surface area is 331 Å². The van der Waals surface area contributed by atoms with Crippen LogP contribution < -0.4 is 0 Å². The monoisotopic (exact) mass is 793 g/mol. The van der Waals surface area contributed by atoms with Crippen molar-refractivity contribution in [1.82, 2.24) is 0 Å². The lowest BCUT2D eigenvalue weighted by atomic mass is 9.95. The summed E-state index contributed by atoms with van der Waals surface area (Å²) in [6.07, 6.45) is -11.9. The number of ether oxygens (including phenoxy) is 9. The molecule has 0 aliphatic carbocycles. The minimum atomic E-state index is -1.61. The molecule has 2 aliphatic rings. The van der Waals surface area contributed by atoms with Gasteiger partial charge in [0.05, 0.1) is 33.5 Å². The van der Waals surface area contributed by atoms with Crippen LogP contribution in [-0.4, -0.2) is 101 Å². The van der Waals surface area contributed by atoms with Crippen molar-refractivity contribution >= 4 is 36.8 Å². The molecule has 0 aromatic heterocycles. The van der Waals surface area contributed by atoms with Crippen LogP contribution in [0.5, 0.6) is 0 Å². The topological polar surface area (TPSA) is 199 Å². The number of hydrogen-bond acceptors (Lipinski definition) is 15. The second-order valence-electron chi connectivity index (χ2n) is 12.7. The van der Waals surface area contributed by atoms with E-state index in [4.69, 9.17) is 53.6 Å². The second-order valence-corrected chi connectivity index (χ2v) is 13.1. The minimum Gasteiger partial charge on any atom is -0.467 e. The van der Waals surface area contributed by atoms with Crippen molar-refractivity contribution in [2.75, 3.05) is 13.7 Å². The third-order valence-electron chi connectivity index (χ3n) is 8.75. The molecule has 0 bridgehead atoms. The van der Waals surface area contributed by atoms with Crippen LogP contribution in [0.15, 0.2) is 96.1 Å². The number of benzene rings is 3. The molecule has 16 nitrogen and oxygen atoms in total. The molecule has 10 atom stereocenters. The van der Waals surface area contributed by atoms with Gasteiger partial charge in [-0.2, -0.15) is 0 Å². The van der Waals surface area contributed by atoms with E-state index < -0.39 is 73.3 Å². The highest BCUT2D eigenvalue weighted by atomic mass is 32.2. The molecule has 0 spiro atoms. The van der Waals surface area contributed by atoms with E-state index in [2.05, 4.69) is 10.0 Å². The number of azide groups is 1. The van der Waals surface area contributed by atoms with E-state index in [1.165, 1.54) is 13.8 Å². The first-order valence-electron chi connectivity index (χ1n) is 18.2. The SMILES string of the molecule is [3H][B]SO[C@H]1C(COCc2ccccc2)O[C@@H](O[C@H]2C(C(=O)OC)O[C@@H](OC(C)=N)C(OC(C)=O)[C@@H]2OCc2ccccc2)C(N=[N+]=[N-])[C@H]1OCc1ccccc1. The maximum Gasteiger partial charge on any atom is 0.338 e. The zero-order chi connectivity index (χ0) is 40.6. The quantitative estimate of drug-likeness (QED) is 0.0253. The van der Waals surface area contributed by atoms with E-state index >= 15 is 0 Å². The molecule has 2 aliphatic heterocycles. The molecule has 4 unspecified atom stereocenters. The van der Waals surface area contributed by atoms with Crippen LogP contribution in [0.1, 0.15) is 30.5 Å². The lowest BCUT2D eigenvalue weighted by Crippen LogP contribution is -2.66. The maximum absolute atomic E-state index is 13.5. The number of esters is 2. The first-order valence-corrected chi connectivity index (χ1v) is 18.4. The van der Waals surface area contributed by atoms with Crippen molar-refractivity contribution in [3.8, 4) is 0 Å². The van der Waals surface area contributed by atoms with Gasteiger partial charge in [0.15, 0.2) is 24.4 Å². The van der Waals surface area contributed by atoms with Crippen molar-refractivity contribution in [2.45, 2.75) is 95.0 Å². The third-order valence-corrected chi connectivity index (χ3v) is 9.08. The Balaban J connectivity index is 1.56. The van der Waals surface area contributed by atoms with E-state index in [0.29, 0.717) is 0 Å². The molecule has 2 heterocycles. The molecule has 2 fully saturated rings. The van der Waals surface area contributed by atoms with Crippen LogP contribution in [0, 0.1) is 5.41 Å². The van der Waals surface area contributed by atoms with Gasteiger partial charge >= 0.3 is 11.9 Å². The molecule has 0 amide bonds. The highest BCUT2D eigenvalue weighted by Gasteiger charge is 2.57. The van der Waals surface area contributed by atoms with Gasteiger partial charge in [0.25, 0.3) is 0 Å². The molecule has 18 heteroatoms. The lowest BCUT2D eigenvalue weighted by Gasteiger charge is -2.48.